The van der Waals surface area contributed by atoms with Crippen molar-refractivity contribution in [2.24, 2.45) is 0 Å². The predicted octanol–water partition coefficient (Wildman–Crippen LogP) is 5.14. The summed E-state index contributed by atoms with van der Waals surface area (Å²) >= 11 is 5.20. The van der Waals surface area contributed by atoms with E-state index in [9.17, 15) is 4.79 Å². The second kappa shape index (κ2) is 10.8. The summed E-state index contributed by atoms with van der Waals surface area (Å²) in [6, 6.07) is 1.62. The van der Waals surface area contributed by atoms with Gasteiger partial charge in [0.2, 0.25) is 0 Å². The van der Waals surface area contributed by atoms with Gasteiger partial charge in [-0.25, -0.2) is 0 Å². The molecule has 0 aliphatic heterocycles. The summed E-state index contributed by atoms with van der Waals surface area (Å²) in [6.45, 7) is 4.86. The van der Waals surface area contributed by atoms with E-state index in [1.165, 1.54) is 57.8 Å². The fraction of sp³-hybridized carbons (Fsp3) is 0.765. The van der Waals surface area contributed by atoms with Crippen molar-refractivity contribution in [3.63, 3.8) is 0 Å². The maximum absolute atomic E-state index is 11.8. The van der Waals surface area contributed by atoms with Gasteiger partial charge < -0.3 is 4.98 Å². The first kappa shape index (κ1) is 18.1. The zero-order valence-corrected chi connectivity index (χ0v) is 14.4. The zero-order chi connectivity index (χ0) is 15.5. The number of aromatic nitrogens is 2. The molecule has 3 nitrogen and oxygen atoms in total. The van der Waals surface area contributed by atoms with Gasteiger partial charge >= 0.3 is 0 Å². The summed E-state index contributed by atoms with van der Waals surface area (Å²) in [5.74, 6) is 0. The van der Waals surface area contributed by atoms with Gasteiger partial charge in [-0.05, 0) is 25.6 Å². The lowest BCUT2D eigenvalue weighted by Crippen LogP contribution is -2.21. The second-order valence-electron chi connectivity index (χ2n) is 5.93. The highest BCUT2D eigenvalue weighted by Gasteiger charge is 1.99. The van der Waals surface area contributed by atoms with Gasteiger partial charge in [0.05, 0.1) is 0 Å². The number of hydrogen-bond donors (Lipinski definition) is 1. The number of rotatable bonds is 11. The third kappa shape index (κ3) is 7.60. The number of aryl methyl sites for hydroxylation is 1. The quantitative estimate of drug-likeness (QED) is 0.454. The van der Waals surface area contributed by atoms with Crippen LogP contribution in [0.25, 0.3) is 0 Å². The molecule has 120 valence electrons. The Kier molecular flexibility index (Phi) is 9.31. The van der Waals surface area contributed by atoms with Crippen molar-refractivity contribution in [1.82, 2.24) is 9.55 Å². The molecule has 1 rings (SSSR count). The van der Waals surface area contributed by atoms with Crippen LogP contribution < -0.4 is 5.56 Å². The first-order chi connectivity index (χ1) is 10.1. The van der Waals surface area contributed by atoms with Crippen molar-refractivity contribution in [1.29, 1.82) is 0 Å². The maximum Gasteiger partial charge on any atom is 0.254 e. The van der Waals surface area contributed by atoms with E-state index in [0.29, 0.717) is 4.77 Å². The van der Waals surface area contributed by atoms with E-state index in [1.54, 1.807) is 10.6 Å². The largest absolute Gasteiger partial charge is 0.336 e. The Morgan fingerprint density at radius 3 is 2.05 bits per heavy atom. The number of nitrogens with zero attached hydrogens (tertiary/aromatic N) is 1. The minimum absolute atomic E-state index is 0.0205. The summed E-state index contributed by atoms with van der Waals surface area (Å²) in [7, 11) is 0. The summed E-state index contributed by atoms with van der Waals surface area (Å²) in [4.78, 5) is 14.9. The van der Waals surface area contributed by atoms with Crippen molar-refractivity contribution in [2.75, 3.05) is 0 Å². The molecule has 0 fully saturated rings. The van der Waals surface area contributed by atoms with Crippen LogP contribution in [0.1, 0.15) is 76.8 Å². The van der Waals surface area contributed by atoms with Crippen molar-refractivity contribution in [3.8, 4) is 0 Å². The monoisotopic (exact) mass is 310 g/mol. The Morgan fingerprint density at radius 1 is 1.00 bits per heavy atom. The Balaban J connectivity index is 2.10. The lowest BCUT2D eigenvalue weighted by molar-refractivity contribution is 0.524. The van der Waals surface area contributed by atoms with Crippen LogP contribution in [0.2, 0.25) is 0 Å². The number of unbranched alkanes of at least 4 members (excludes halogenated alkanes) is 9. The Morgan fingerprint density at radius 2 is 1.52 bits per heavy atom. The number of aromatic amines is 1. The van der Waals surface area contributed by atoms with E-state index < -0.39 is 0 Å². The predicted molar refractivity (Wildman–Crippen MR) is 92.5 cm³/mol. The molecule has 0 bridgehead atoms. The van der Waals surface area contributed by atoms with E-state index in [-0.39, 0.29) is 5.56 Å². The van der Waals surface area contributed by atoms with E-state index in [4.69, 9.17) is 12.2 Å². The molecule has 0 radical (unpaired) electrons. The maximum atomic E-state index is 11.8. The van der Waals surface area contributed by atoms with Crippen molar-refractivity contribution >= 4 is 12.2 Å². The molecule has 0 aliphatic rings. The minimum Gasteiger partial charge on any atom is -0.336 e. The van der Waals surface area contributed by atoms with Crippen LogP contribution in [0, 0.1) is 11.7 Å². The first-order valence-electron chi connectivity index (χ1n) is 8.46. The first-order valence-corrected chi connectivity index (χ1v) is 8.86. The van der Waals surface area contributed by atoms with Gasteiger partial charge in [-0.3, -0.25) is 9.36 Å². The van der Waals surface area contributed by atoms with Gasteiger partial charge in [0.15, 0.2) is 4.77 Å². The number of nitrogens with one attached hydrogen (secondary N) is 1. The molecule has 0 unspecified atom stereocenters. The molecule has 1 heterocycles. The molecule has 21 heavy (non-hydrogen) atoms. The zero-order valence-electron chi connectivity index (χ0n) is 13.6. The minimum atomic E-state index is 0.0205. The molecule has 0 amide bonds. The molecule has 0 saturated carbocycles. The molecule has 0 atom stereocenters. The third-order valence-electron chi connectivity index (χ3n) is 3.89. The molecule has 1 aromatic rings. The number of H-pyrrole nitrogens is 1. The van der Waals surface area contributed by atoms with E-state index >= 15 is 0 Å². The Labute approximate surface area is 133 Å². The summed E-state index contributed by atoms with van der Waals surface area (Å²) in [6.07, 6.45) is 13.0. The van der Waals surface area contributed by atoms with Crippen LogP contribution in [-0.4, -0.2) is 9.55 Å². The van der Waals surface area contributed by atoms with Gasteiger partial charge in [-0.15, -0.1) is 0 Å². The Hall–Kier alpha value is -0.900. The van der Waals surface area contributed by atoms with Crippen molar-refractivity contribution in [3.05, 3.63) is 26.9 Å². The van der Waals surface area contributed by atoms with Gasteiger partial charge in [-0.2, -0.15) is 0 Å². The lowest BCUT2D eigenvalue weighted by atomic mass is 10.1. The van der Waals surface area contributed by atoms with Crippen LogP contribution in [-0.2, 0) is 6.54 Å². The van der Waals surface area contributed by atoms with Gasteiger partial charge in [0, 0.05) is 18.3 Å². The molecule has 0 aliphatic carbocycles. The summed E-state index contributed by atoms with van der Waals surface area (Å²) in [5.41, 5.74) is 0.858. The van der Waals surface area contributed by atoms with Gasteiger partial charge in [0.1, 0.15) is 0 Å². The molecule has 4 heteroatoms. The highest BCUT2D eigenvalue weighted by Crippen LogP contribution is 2.10. The summed E-state index contributed by atoms with van der Waals surface area (Å²) < 4.78 is 2.23. The molecule has 0 saturated heterocycles. The smallest absolute Gasteiger partial charge is 0.254 e. The molecule has 1 aromatic heterocycles. The van der Waals surface area contributed by atoms with Gasteiger partial charge in [0.25, 0.3) is 5.56 Å². The van der Waals surface area contributed by atoms with Crippen LogP contribution in [0.15, 0.2) is 10.9 Å². The molecular formula is C17H30N2OS. The average Bonchev–Trinajstić information content (AvgIpc) is 2.43. The SMILES string of the molecule is CCCCCCCCCCCCn1c(=O)cc(C)[nH]c1=S. The highest BCUT2D eigenvalue weighted by molar-refractivity contribution is 7.71. The van der Waals surface area contributed by atoms with Crippen LogP contribution >= 0.6 is 12.2 Å². The van der Waals surface area contributed by atoms with Crippen LogP contribution in [0.4, 0.5) is 0 Å². The second-order valence-corrected chi connectivity index (χ2v) is 6.32. The van der Waals surface area contributed by atoms with Crippen molar-refractivity contribution < 1.29 is 0 Å². The molecular weight excluding hydrogens is 280 g/mol. The van der Waals surface area contributed by atoms with Crippen LogP contribution in [0.3, 0.4) is 0 Å². The summed E-state index contributed by atoms with van der Waals surface area (Å²) in [5, 5.41) is 0. The normalized spacial score (nSPS) is 11.0. The van der Waals surface area contributed by atoms with Crippen molar-refractivity contribution in [2.45, 2.75) is 84.6 Å². The van der Waals surface area contributed by atoms with Crippen LogP contribution in [0.5, 0.6) is 0 Å². The van der Waals surface area contributed by atoms with E-state index in [2.05, 4.69) is 11.9 Å². The van der Waals surface area contributed by atoms with E-state index in [1.807, 2.05) is 6.92 Å². The fourth-order valence-corrected chi connectivity index (χ4v) is 2.95. The lowest BCUT2D eigenvalue weighted by Gasteiger charge is -2.06. The molecule has 0 spiro atoms. The average molecular weight is 311 g/mol. The third-order valence-corrected chi connectivity index (χ3v) is 4.21. The topological polar surface area (TPSA) is 37.8 Å². The number of hydrogen-bond acceptors (Lipinski definition) is 2. The molecule has 1 N–H and O–H groups in total. The molecule has 0 aromatic carbocycles. The standard InChI is InChI=1S/C17H30N2OS/c1-3-4-5-6-7-8-9-10-11-12-13-19-16(20)14-15(2)18-17(19)21/h14H,3-13H2,1-2H3,(H,18,21). The van der Waals surface area contributed by atoms with E-state index in [0.717, 1.165) is 18.7 Å². The highest BCUT2D eigenvalue weighted by atomic mass is 32.1. The Bertz CT molecular complexity index is 473. The van der Waals surface area contributed by atoms with Gasteiger partial charge in [-0.1, -0.05) is 64.7 Å². The fourth-order valence-electron chi connectivity index (χ4n) is 2.60.